The number of hydrogen-bond acceptors (Lipinski definition) is 4. The van der Waals surface area contributed by atoms with Crippen molar-refractivity contribution in [3.05, 3.63) is 24.0 Å². The highest BCUT2D eigenvalue weighted by molar-refractivity contribution is 7.89. The van der Waals surface area contributed by atoms with Crippen molar-refractivity contribution in [1.29, 1.82) is 0 Å². The first-order valence-corrected chi connectivity index (χ1v) is 8.17. The van der Waals surface area contributed by atoms with Gasteiger partial charge < -0.3 is 5.11 Å². The highest BCUT2D eigenvalue weighted by Gasteiger charge is 2.37. The van der Waals surface area contributed by atoms with E-state index in [-0.39, 0.29) is 24.6 Å². The second kappa shape index (κ2) is 5.78. The molecule has 0 unspecified atom stereocenters. The number of aliphatic hydroxyl groups excluding tert-OH is 1. The van der Waals surface area contributed by atoms with Gasteiger partial charge in [-0.1, -0.05) is 6.92 Å². The number of rotatable bonds is 3. The average Bonchev–Trinajstić information content (AvgIpc) is 2.46. The first-order chi connectivity index (χ1) is 10.1. The van der Waals surface area contributed by atoms with Crippen LogP contribution in [0.3, 0.4) is 0 Å². The molecule has 0 spiro atoms. The number of aliphatic hydroxyl groups is 1. The summed E-state index contributed by atoms with van der Waals surface area (Å²) in [6.07, 6.45) is -2.60. The van der Waals surface area contributed by atoms with E-state index in [0.717, 1.165) is 12.3 Å². The van der Waals surface area contributed by atoms with E-state index in [1.54, 1.807) is 6.92 Å². The topological polar surface area (TPSA) is 70.5 Å². The van der Waals surface area contributed by atoms with Gasteiger partial charge in [-0.05, 0) is 25.0 Å². The maximum Gasteiger partial charge on any atom is 0.433 e. The van der Waals surface area contributed by atoms with Crippen molar-refractivity contribution in [2.75, 3.05) is 19.7 Å². The van der Waals surface area contributed by atoms with Gasteiger partial charge in [-0.15, -0.1) is 0 Å². The molecule has 1 N–H and O–H groups in total. The Bertz CT molecular complexity index is 631. The molecule has 0 radical (unpaired) electrons. The molecule has 124 valence electrons. The lowest BCUT2D eigenvalue weighted by Crippen LogP contribution is -2.46. The first kappa shape index (κ1) is 17.2. The SMILES string of the molecule is C[C@]1(CO)CCCN(S(=O)(=O)c2ccc(C(F)(F)F)nc2)C1. The van der Waals surface area contributed by atoms with Crippen LogP contribution < -0.4 is 0 Å². The molecule has 0 aliphatic carbocycles. The van der Waals surface area contributed by atoms with E-state index >= 15 is 0 Å². The summed E-state index contributed by atoms with van der Waals surface area (Å²) in [4.78, 5) is 2.91. The predicted octanol–water partition coefficient (Wildman–Crippen LogP) is 1.88. The molecule has 1 aliphatic rings. The van der Waals surface area contributed by atoms with Crippen molar-refractivity contribution >= 4 is 10.0 Å². The van der Waals surface area contributed by atoms with E-state index in [1.807, 2.05) is 0 Å². The molecular formula is C13H17F3N2O3S. The number of aromatic nitrogens is 1. The molecule has 9 heteroatoms. The van der Waals surface area contributed by atoms with E-state index in [4.69, 9.17) is 0 Å². The lowest BCUT2D eigenvalue weighted by atomic mass is 9.84. The van der Waals surface area contributed by atoms with Gasteiger partial charge in [0.2, 0.25) is 10.0 Å². The van der Waals surface area contributed by atoms with Crippen molar-refractivity contribution in [2.24, 2.45) is 5.41 Å². The number of halogens is 3. The molecule has 22 heavy (non-hydrogen) atoms. The van der Waals surface area contributed by atoms with Gasteiger partial charge in [0.1, 0.15) is 10.6 Å². The van der Waals surface area contributed by atoms with Gasteiger partial charge in [0.05, 0.1) is 0 Å². The van der Waals surface area contributed by atoms with Crippen LogP contribution in [0.5, 0.6) is 0 Å². The number of alkyl halides is 3. The Labute approximate surface area is 126 Å². The largest absolute Gasteiger partial charge is 0.433 e. The summed E-state index contributed by atoms with van der Waals surface area (Å²) in [5.74, 6) is 0. The summed E-state index contributed by atoms with van der Waals surface area (Å²) in [6, 6.07) is 1.57. The van der Waals surface area contributed by atoms with E-state index in [0.29, 0.717) is 18.9 Å². The Hall–Kier alpha value is -1.19. The van der Waals surface area contributed by atoms with Crippen molar-refractivity contribution in [3.8, 4) is 0 Å². The van der Waals surface area contributed by atoms with Crippen molar-refractivity contribution in [2.45, 2.75) is 30.8 Å². The van der Waals surface area contributed by atoms with Crippen molar-refractivity contribution in [1.82, 2.24) is 9.29 Å². The Balaban J connectivity index is 2.27. The minimum atomic E-state index is -4.61. The quantitative estimate of drug-likeness (QED) is 0.914. The van der Waals surface area contributed by atoms with Crippen LogP contribution >= 0.6 is 0 Å². The summed E-state index contributed by atoms with van der Waals surface area (Å²) < 4.78 is 63.5. The van der Waals surface area contributed by atoms with Crippen LogP contribution in [0, 0.1) is 5.41 Å². The second-order valence-corrected chi connectivity index (χ2v) is 7.73. The highest BCUT2D eigenvalue weighted by Crippen LogP contribution is 2.33. The fourth-order valence-electron chi connectivity index (χ4n) is 2.45. The first-order valence-electron chi connectivity index (χ1n) is 6.73. The molecule has 0 amide bonds. The van der Waals surface area contributed by atoms with E-state index in [9.17, 15) is 26.7 Å². The van der Waals surface area contributed by atoms with Crippen LogP contribution in [0.1, 0.15) is 25.5 Å². The second-order valence-electron chi connectivity index (χ2n) is 5.79. The number of hydrogen-bond donors (Lipinski definition) is 1. The average molecular weight is 338 g/mol. The Morgan fingerprint density at radius 3 is 2.59 bits per heavy atom. The third-order valence-corrected chi connectivity index (χ3v) is 5.62. The van der Waals surface area contributed by atoms with E-state index in [2.05, 4.69) is 4.98 Å². The summed E-state index contributed by atoms with van der Waals surface area (Å²) >= 11 is 0. The minimum Gasteiger partial charge on any atom is -0.396 e. The Kier molecular flexibility index (Phi) is 4.51. The minimum absolute atomic E-state index is 0.132. The molecule has 2 heterocycles. The van der Waals surface area contributed by atoms with Gasteiger partial charge in [-0.25, -0.2) is 8.42 Å². The zero-order valence-electron chi connectivity index (χ0n) is 12.0. The maximum atomic E-state index is 12.5. The zero-order chi connectivity index (χ0) is 16.6. The van der Waals surface area contributed by atoms with Gasteiger partial charge >= 0.3 is 6.18 Å². The van der Waals surface area contributed by atoms with Gasteiger partial charge in [0.25, 0.3) is 0 Å². The Morgan fingerprint density at radius 2 is 2.09 bits per heavy atom. The normalized spacial score (nSPS) is 24.4. The molecule has 1 fully saturated rings. The zero-order valence-corrected chi connectivity index (χ0v) is 12.8. The van der Waals surface area contributed by atoms with Gasteiger partial charge in [-0.3, -0.25) is 4.98 Å². The molecule has 2 rings (SSSR count). The lowest BCUT2D eigenvalue weighted by molar-refractivity contribution is -0.141. The van der Waals surface area contributed by atoms with Crippen LogP contribution in [-0.2, 0) is 16.2 Å². The summed E-state index contributed by atoms with van der Waals surface area (Å²) in [7, 11) is -3.91. The van der Waals surface area contributed by atoms with Gasteiger partial charge in [0.15, 0.2) is 0 Å². The third-order valence-electron chi connectivity index (χ3n) is 3.79. The molecule has 0 bridgehead atoms. The van der Waals surface area contributed by atoms with Gasteiger partial charge in [-0.2, -0.15) is 17.5 Å². The monoisotopic (exact) mass is 338 g/mol. The van der Waals surface area contributed by atoms with Crippen LogP contribution in [0.25, 0.3) is 0 Å². The third kappa shape index (κ3) is 3.41. The van der Waals surface area contributed by atoms with E-state index in [1.165, 1.54) is 4.31 Å². The molecule has 1 aromatic heterocycles. The standard InChI is InChI=1S/C13H17F3N2O3S/c1-12(9-19)5-2-6-18(8-12)22(20,21)10-3-4-11(17-7-10)13(14,15)16/h3-4,7,19H,2,5-6,8-9H2,1H3/t12-/m0/s1. The fourth-order valence-corrected chi connectivity index (χ4v) is 4.03. The van der Waals surface area contributed by atoms with Crippen molar-refractivity contribution < 1.29 is 26.7 Å². The predicted molar refractivity (Wildman–Crippen MR) is 72.4 cm³/mol. The van der Waals surface area contributed by atoms with Crippen LogP contribution in [0.2, 0.25) is 0 Å². The lowest BCUT2D eigenvalue weighted by Gasteiger charge is -2.38. The fraction of sp³-hybridized carbons (Fsp3) is 0.615. The van der Waals surface area contributed by atoms with Crippen molar-refractivity contribution in [3.63, 3.8) is 0 Å². The smallest absolute Gasteiger partial charge is 0.396 e. The Morgan fingerprint density at radius 1 is 1.41 bits per heavy atom. The highest BCUT2D eigenvalue weighted by atomic mass is 32.2. The maximum absolute atomic E-state index is 12.5. The van der Waals surface area contributed by atoms with Crippen LogP contribution in [0.15, 0.2) is 23.2 Å². The molecule has 1 atom stereocenters. The summed E-state index contributed by atoms with van der Waals surface area (Å²) in [5.41, 5.74) is -1.67. The molecule has 0 aromatic carbocycles. The van der Waals surface area contributed by atoms with Crippen LogP contribution in [-0.4, -0.2) is 42.5 Å². The number of nitrogens with zero attached hydrogens (tertiary/aromatic N) is 2. The molecular weight excluding hydrogens is 321 g/mol. The van der Waals surface area contributed by atoms with E-state index < -0.39 is 27.3 Å². The molecule has 1 saturated heterocycles. The summed E-state index contributed by atoms with van der Waals surface area (Å²) in [6.45, 7) is 2.04. The number of piperidine rings is 1. The molecule has 1 aromatic rings. The number of sulfonamides is 1. The number of pyridine rings is 1. The van der Waals surface area contributed by atoms with Crippen LogP contribution in [0.4, 0.5) is 13.2 Å². The summed E-state index contributed by atoms with van der Waals surface area (Å²) in [5, 5.41) is 9.37. The molecule has 1 aliphatic heterocycles. The molecule has 0 saturated carbocycles. The van der Waals surface area contributed by atoms with Gasteiger partial charge in [0, 0.05) is 31.3 Å². The molecule has 5 nitrogen and oxygen atoms in total.